The van der Waals surface area contributed by atoms with Crippen molar-refractivity contribution in [3.05, 3.63) is 0 Å². The second-order valence-electron chi connectivity index (χ2n) is 19.1. The molecule has 28 heteroatoms. The van der Waals surface area contributed by atoms with Crippen LogP contribution in [0.15, 0.2) is 69.9 Å². The van der Waals surface area contributed by atoms with Gasteiger partial charge in [0.2, 0.25) is 85.1 Å². The molecule has 1 atom stereocenters. The van der Waals surface area contributed by atoms with E-state index in [9.17, 15) is 67.1 Å². The van der Waals surface area contributed by atoms with Crippen LogP contribution in [0.4, 0.5) is 0 Å². The molecule has 0 bridgehead atoms. The third-order valence-corrected chi connectivity index (χ3v) is 11.1. The molecule has 0 aromatic carbocycles. The van der Waals surface area contributed by atoms with E-state index in [4.69, 9.17) is 0 Å². The molecule has 0 fully saturated rings. The van der Waals surface area contributed by atoms with E-state index < -0.39 is 37.0 Å². The highest BCUT2D eigenvalue weighted by Crippen LogP contribution is 2.29. The van der Waals surface area contributed by atoms with Gasteiger partial charge in [-0.25, -0.2) is 77.1 Å². The standard InChI is InChI=1S/C11H18N2O2.6C8H12N2O2/c1-10(7-13-9-15)6-11(2,3)4-5-12-8-14;6*1-2-3-4-5-8(9-6-11)10-7-12/h10H,4-7H2,1-3H3;6*8H,2-5H2,1H3. The average Bonchev–Trinajstić information content (AvgIpc) is 3.65. The molecule has 28 nitrogen and oxygen atoms in total. The van der Waals surface area contributed by atoms with Crippen molar-refractivity contribution in [2.45, 2.75) is 266 Å². The first-order valence-electron chi connectivity index (χ1n) is 29.0. The summed E-state index contributed by atoms with van der Waals surface area (Å²) in [6.07, 6.45) is 40.1. The van der Waals surface area contributed by atoms with E-state index in [1.165, 1.54) is 79.0 Å². The Morgan fingerprint density at radius 2 is 0.460 bits per heavy atom. The van der Waals surface area contributed by atoms with Gasteiger partial charge in [-0.15, -0.1) is 0 Å². The lowest BCUT2D eigenvalue weighted by Crippen LogP contribution is -2.18. The summed E-state index contributed by atoms with van der Waals surface area (Å²) < 4.78 is 0. The van der Waals surface area contributed by atoms with Crippen LogP contribution >= 0.6 is 0 Å². The zero-order valence-corrected chi connectivity index (χ0v) is 52.3. The normalized spacial score (nSPS) is 11.3. The van der Waals surface area contributed by atoms with E-state index in [1.54, 1.807) is 6.08 Å². The van der Waals surface area contributed by atoms with Crippen molar-refractivity contribution in [3.8, 4) is 0 Å². The SMILES string of the molecule is CC(CN=C=O)CC(C)(C)CCN=C=O.CCCCCC(N=C=O)N=C=O.CCCCCC(N=C=O)N=C=O.CCCCCC(N=C=O)N=C=O.CCCCCC(N=C=O)N=C=O.CCCCCC(N=C=O)N=C=O.CCCCCC(N=C=O)N=C=O. The molecule has 0 heterocycles. The van der Waals surface area contributed by atoms with Crippen LogP contribution in [-0.2, 0) is 67.1 Å². The van der Waals surface area contributed by atoms with Crippen LogP contribution in [0.5, 0.6) is 0 Å². The Bertz CT molecular complexity index is 1960. The largest absolute Gasteiger partial charge is 0.237 e. The first-order valence-corrected chi connectivity index (χ1v) is 29.0. The summed E-state index contributed by atoms with van der Waals surface area (Å²) in [5.41, 5.74) is 0.109. The summed E-state index contributed by atoms with van der Waals surface area (Å²) in [5, 5.41) is 0. The lowest BCUT2D eigenvalue weighted by Gasteiger charge is -2.26. The van der Waals surface area contributed by atoms with Crippen LogP contribution < -0.4 is 0 Å². The van der Waals surface area contributed by atoms with Crippen LogP contribution in [-0.4, -0.2) is 135 Å². The molecule has 0 aliphatic carbocycles. The van der Waals surface area contributed by atoms with Crippen LogP contribution in [0.2, 0.25) is 0 Å². The fourth-order valence-electron chi connectivity index (χ4n) is 6.85. The molecule has 0 aromatic heterocycles. The number of hydrogen-bond donors (Lipinski definition) is 0. The Labute approximate surface area is 511 Å². The zero-order chi connectivity index (χ0) is 67.1. The van der Waals surface area contributed by atoms with E-state index in [-0.39, 0.29) is 5.41 Å². The molecular formula is C59H90N14O14. The third-order valence-electron chi connectivity index (χ3n) is 11.1. The number of isocyanates is 14. The minimum absolute atomic E-state index is 0.109. The molecule has 0 saturated carbocycles. The van der Waals surface area contributed by atoms with Gasteiger partial charge >= 0.3 is 0 Å². The van der Waals surface area contributed by atoms with Crippen LogP contribution in [0.3, 0.4) is 0 Å². The molecule has 0 saturated heterocycles. The van der Waals surface area contributed by atoms with Crippen molar-refractivity contribution >= 4 is 85.1 Å². The number of nitrogens with zero attached hydrogens (tertiary/aromatic N) is 14. The molecule has 87 heavy (non-hydrogen) atoms. The molecule has 0 spiro atoms. The van der Waals surface area contributed by atoms with Gasteiger partial charge in [-0.05, 0) is 101 Å². The third kappa shape index (κ3) is 83.9. The smallest absolute Gasteiger partial charge is 0.211 e. The van der Waals surface area contributed by atoms with Crippen LogP contribution in [0, 0.1) is 11.3 Å². The maximum Gasteiger partial charge on any atom is 0.237 e. The lowest BCUT2D eigenvalue weighted by molar-refractivity contribution is 0.264. The quantitative estimate of drug-likeness (QED) is 0.0311. The van der Waals surface area contributed by atoms with Crippen LogP contribution in [0.25, 0.3) is 0 Å². The minimum atomic E-state index is -0.563. The maximum absolute atomic E-state index is 9.94. The van der Waals surface area contributed by atoms with Crippen molar-refractivity contribution in [2.24, 2.45) is 81.2 Å². The van der Waals surface area contributed by atoms with E-state index >= 15 is 0 Å². The monoisotopic (exact) mass is 1220 g/mol. The van der Waals surface area contributed by atoms with Crippen molar-refractivity contribution in [3.63, 3.8) is 0 Å². The van der Waals surface area contributed by atoms with Gasteiger partial charge in [-0.3, -0.25) is 0 Å². The molecule has 0 aliphatic heterocycles. The predicted molar refractivity (Wildman–Crippen MR) is 323 cm³/mol. The number of aliphatic imine (C=N–C) groups is 14. The van der Waals surface area contributed by atoms with Gasteiger partial charge in [0.1, 0.15) is 0 Å². The van der Waals surface area contributed by atoms with Crippen molar-refractivity contribution in [1.29, 1.82) is 0 Å². The van der Waals surface area contributed by atoms with Gasteiger partial charge in [0.05, 0.1) is 13.1 Å². The first kappa shape index (κ1) is 92.1. The highest BCUT2D eigenvalue weighted by molar-refractivity contribution is 5.39. The average molecular weight is 1220 g/mol. The summed E-state index contributed by atoms with van der Waals surface area (Å²) >= 11 is 0. The van der Waals surface area contributed by atoms with Gasteiger partial charge in [-0.2, -0.15) is 59.9 Å². The Morgan fingerprint density at radius 1 is 0.276 bits per heavy atom. The molecule has 0 N–H and O–H groups in total. The molecule has 0 amide bonds. The number of unbranched alkanes of at least 4 members (excludes halogenated alkanes) is 12. The molecule has 1 unspecified atom stereocenters. The number of carbonyl (C=O) groups excluding carboxylic acids is 14. The summed E-state index contributed by atoms with van der Waals surface area (Å²) in [7, 11) is 0. The van der Waals surface area contributed by atoms with Crippen molar-refractivity contribution < 1.29 is 67.1 Å². The maximum atomic E-state index is 9.94. The van der Waals surface area contributed by atoms with Crippen molar-refractivity contribution in [1.82, 2.24) is 0 Å². The van der Waals surface area contributed by atoms with Crippen molar-refractivity contribution in [2.75, 3.05) is 13.1 Å². The van der Waals surface area contributed by atoms with Gasteiger partial charge < -0.3 is 0 Å². The second-order valence-corrected chi connectivity index (χ2v) is 19.1. The fourth-order valence-corrected chi connectivity index (χ4v) is 6.85. The van der Waals surface area contributed by atoms with Gasteiger partial charge in [0.25, 0.3) is 0 Å². The molecular weight excluding hydrogens is 1130 g/mol. The lowest BCUT2D eigenvalue weighted by atomic mass is 9.80. The van der Waals surface area contributed by atoms with E-state index in [0.717, 1.165) is 128 Å². The topological polar surface area (TPSA) is 412 Å². The minimum Gasteiger partial charge on any atom is -0.211 e. The highest BCUT2D eigenvalue weighted by Gasteiger charge is 2.20. The first-order chi connectivity index (χ1) is 42.1. The Balaban J connectivity index is -0.000000172. The van der Waals surface area contributed by atoms with Gasteiger partial charge in [0, 0.05) is 0 Å². The summed E-state index contributed by atoms with van der Waals surface area (Å²) in [6, 6.07) is 0. The Kier molecular flexibility index (Phi) is 86.3. The molecule has 0 aromatic rings. The highest BCUT2D eigenvalue weighted by atomic mass is 16.2. The summed E-state index contributed by atoms with van der Waals surface area (Å²) in [5.74, 6) is 0.349. The van der Waals surface area contributed by atoms with E-state index in [1.807, 2.05) is 6.92 Å². The number of rotatable bonds is 43. The number of hydrogen-bond acceptors (Lipinski definition) is 28. The molecule has 0 aliphatic rings. The zero-order valence-electron chi connectivity index (χ0n) is 52.3. The second kappa shape index (κ2) is 81.5. The predicted octanol–water partition coefficient (Wildman–Crippen LogP) is 11.5. The van der Waals surface area contributed by atoms with E-state index in [2.05, 4.69) is 125 Å². The van der Waals surface area contributed by atoms with Gasteiger partial charge in [-0.1, -0.05) is 139 Å². The summed E-state index contributed by atoms with van der Waals surface area (Å²) in [6.45, 7) is 19.7. The molecule has 480 valence electrons. The Morgan fingerprint density at radius 3 is 0.609 bits per heavy atom. The molecule has 0 radical (unpaired) electrons. The van der Waals surface area contributed by atoms with E-state index in [0.29, 0.717) is 57.5 Å². The van der Waals surface area contributed by atoms with Crippen LogP contribution in [0.1, 0.15) is 229 Å². The molecule has 0 rings (SSSR count). The van der Waals surface area contributed by atoms with Gasteiger partial charge in [0.15, 0.2) is 37.0 Å². The summed E-state index contributed by atoms with van der Waals surface area (Å²) in [4.78, 5) is 185. The fraction of sp³-hybridized carbons (Fsp3) is 0.763. The Hall–Kier alpha value is -8.68.